The normalized spacial score (nSPS) is 11.1. The van der Waals surface area contributed by atoms with Gasteiger partial charge in [0.05, 0.1) is 10.5 Å². The maximum atomic E-state index is 12.7. The number of carbonyl (C=O) groups is 3. The fourth-order valence-electron chi connectivity index (χ4n) is 3.81. The van der Waals surface area contributed by atoms with Gasteiger partial charge in [-0.2, -0.15) is 0 Å². The summed E-state index contributed by atoms with van der Waals surface area (Å²) in [5.41, 5.74) is 1.33. The van der Waals surface area contributed by atoms with Crippen molar-refractivity contribution in [3.8, 4) is 5.88 Å². The van der Waals surface area contributed by atoms with Crippen LogP contribution in [0, 0.1) is 0 Å². The smallest absolute Gasteiger partial charge is 0.431 e. The number of sulfonamides is 1. The Morgan fingerprint density at radius 3 is 2.12 bits per heavy atom. The largest absolute Gasteiger partial charge is 0.515 e. The van der Waals surface area contributed by atoms with Crippen LogP contribution in [-0.2, 0) is 21.2 Å². The van der Waals surface area contributed by atoms with E-state index < -0.39 is 22.1 Å². The molecule has 3 aromatic rings. The molecule has 0 aliphatic heterocycles. The molecule has 0 atom stereocenters. The van der Waals surface area contributed by atoms with E-state index in [0.717, 1.165) is 37.4 Å². The molecule has 10 nitrogen and oxygen atoms in total. The molecule has 0 fully saturated rings. The van der Waals surface area contributed by atoms with Crippen molar-refractivity contribution in [3.05, 3.63) is 89.6 Å². The lowest BCUT2D eigenvalue weighted by Crippen LogP contribution is -2.30. The number of nitrogens with one attached hydrogen (secondary N) is 2. The fourth-order valence-corrected chi connectivity index (χ4v) is 4.79. The number of pyridine rings is 1. The Morgan fingerprint density at radius 1 is 0.850 bits per heavy atom. The van der Waals surface area contributed by atoms with Crippen LogP contribution in [0.1, 0.15) is 65.8 Å². The molecular weight excluding hydrogens is 534 g/mol. The topological polar surface area (TPSA) is 141 Å². The summed E-state index contributed by atoms with van der Waals surface area (Å²) >= 11 is 0. The molecule has 0 bridgehead atoms. The number of ether oxygens (including phenoxy) is 2. The minimum Gasteiger partial charge on any atom is -0.431 e. The van der Waals surface area contributed by atoms with E-state index in [0.29, 0.717) is 18.5 Å². The Kier molecular flexibility index (Phi) is 11.2. The zero-order valence-electron chi connectivity index (χ0n) is 22.5. The molecule has 0 aliphatic rings. The monoisotopic (exact) mass is 567 g/mol. The molecule has 2 aromatic carbocycles. The highest BCUT2D eigenvalue weighted by molar-refractivity contribution is 7.90. The third-order valence-electron chi connectivity index (χ3n) is 5.87. The number of amides is 2. The molecular formula is C29H33N3O7S. The van der Waals surface area contributed by atoms with E-state index >= 15 is 0 Å². The average Bonchev–Trinajstić information content (AvgIpc) is 2.94. The first-order chi connectivity index (χ1) is 19.2. The first-order valence-corrected chi connectivity index (χ1v) is 14.5. The van der Waals surface area contributed by atoms with Crippen molar-refractivity contribution in [2.75, 3.05) is 6.54 Å². The van der Waals surface area contributed by atoms with Crippen molar-refractivity contribution < 1.29 is 32.3 Å². The predicted molar refractivity (Wildman–Crippen MR) is 149 cm³/mol. The van der Waals surface area contributed by atoms with Gasteiger partial charge in [0, 0.05) is 24.4 Å². The number of rotatable bonds is 13. The van der Waals surface area contributed by atoms with Crippen molar-refractivity contribution in [1.82, 2.24) is 15.0 Å². The van der Waals surface area contributed by atoms with Crippen LogP contribution in [0.2, 0.25) is 0 Å². The zero-order valence-corrected chi connectivity index (χ0v) is 23.3. The molecule has 2 N–H and O–H groups in total. The van der Waals surface area contributed by atoms with Crippen LogP contribution in [0.5, 0.6) is 5.88 Å². The van der Waals surface area contributed by atoms with E-state index in [2.05, 4.69) is 10.3 Å². The fraction of sp³-hybridized carbons (Fsp3) is 0.310. The van der Waals surface area contributed by atoms with Gasteiger partial charge in [0.1, 0.15) is 6.10 Å². The number of hydrogen-bond donors (Lipinski definition) is 2. The Bertz CT molecular complexity index is 1370. The summed E-state index contributed by atoms with van der Waals surface area (Å²) in [5.74, 6) is -1.16. The predicted octanol–water partition coefficient (Wildman–Crippen LogP) is 4.66. The van der Waals surface area contributed by atoms with Crippen LogP contribution >= 0.6 is 0 Å². The van der Waals surface area contributed by atoms with Gasteiger partial charge < -0.3 is 14.8 Å². The van der Waals surface area contributed by atoms with Gasteiger partial charge >= 0.3 is 6.16 Å². The van der Waals surface area contributed by atoms with Gasteiger partial charge in [0.2, 0.25) is 5.88 Å². The van der Waals surface area contributed by atoms with Crippen LogP contribution in [0.25, 0.3) is 0 Å². The Balaban J connectivity index is 1.51. The van der Waals surface area contributed by atoms with Crippen molar-refractivity contribution >= 4 is 28.0 Å². The standard InChI is InChI=1S/C29H33N3O7S/c1-3-8-24(9-4-2)38-29(35)39-26-17-14-23(20-31-26)28(34)32-40(36,37)25-15-12-21(13-16-25)18-19-30-27(33)22-10-6-5-7-11-22/h5-7,10-17,20,24H,3-4,8-9,18-19H2,1-2H3,(H,30,33)(H,32,34). The Hall–Kier alpha value is -4.25. The summed E-state index contributed by atoms with van der Waals surface area (Å²) in [4.78, 5) is 40.5. The lowest BCUT2D eigenvalue weighted by molar-refractivity contribution is 0.0490. The summed E-state index contributed by atoms with van der Waals surface area (Å²) in [6.07, 6.45) is 3.64. The Morgan fingerprint density at radius 2 is 1.52 bits per heavy atom. The maximum Gasteiger partial charge on any atom is 0.515 e. The number of benzene rings is 2. The SMILES string of the molecule is CCCC(CCC)OC(=O)Oc1ccc(C(=O)NS(=O)(=O)c2ccc(CCNC(=O)c3ccccc3)cc2)cn1. The van der Waals surface area contributed by atoms with Gasteiger partial charge in [-0.15, -0.1) is 0 Å². The van der Waals surface area contributed by atoms with Crippen molar-refractivity contribution in [2.24, 2.45) is 0 Å². The van der Waals surface area contributed by atoms with Gasteiger partial charge in [-0.3, -0.25) is 9.59 Å². The molecule has 0 aliphatic carbocycles. The molecule has 1 aromatic heterocycles. The zero-order chi connectivity index (χ0) is 29.0. The average molecular weight is 568 g/mol. The van der Waals surface area contributed by atoms with Gasteiger partial charge in [-0.25, -0.2) is 22.9 Å². The number of nitrogens with zero attached hydrogens (tertiary/aromatic N) is 1. The number of aromatic nitrogens is 1. The summed E-state index contributed by atoms with van der Waals surface area (Å²) < 4.78 is 37.8. The lowest BCUT2D eigenvalue weighted by atomic mass is 10.1. The van der Waals surface area contributed by atoms with E-state index in [1.165, 1.54) is 24.3 Å². The van der Waals surface area contributed by atoms with Gasteiger partial charge in [-0.05, 0) is 55.2 Å². The third-order valence-corrected chi connectivity index (χ3v) is 7.21. The van der Waals surface area contributed by atoms with Crippen LogP contribution in [0.3, 0.4) is 0 Å². The molecule has 0 radical (unpaired) electrons. The van der Waals surface area contributed by atoms with Crippen LogP contribution in [0.15, 0.2) is 77.8 Å². The highest BCUT2D eigenvalue weighted by atomic mass is 32.2. The van der Waals surface area contributed by atoms with Gasteiger partial charge in [-0.1, -0.05) is 57.0 Å². The van der Waals surface area contributed by atoms with Crippen molar-refractivity contribution in [3.63, 3.8) is 0 Å². The molecule has 0 saturated carbocycles. The number of carbonyl (C=O) groups excluding carboxylic acids is 3. The first-order valence-electron chi connectivity index (χ1n) is 13.1. The second-order valence-corrected chi connectivity index (χ2v) is 10.7. The van der Waals surface area contributed by atoms with E-state index in [9.17, 15) is 22.8 Å². The van der Waals surface area contributed by atoms with E-state index in [1.807, 2.05) is 24.6 Å². The summed E-state index contributed by atoms with van der Waals surface area (Å²) in [5, 5.41) is 2.81. The van der Waals surface area contributed by atoms with Crippen LogP contribution in [0.4, 0.5) is 4.79 Å². The second-order valence-electron chi connectivity index (χ2n) is 9.00. The number of hydrogen-bond acceptors (Lipinski definition) is 8. The molecule has 11 heteroatoms. The minimum atomic E-state index is -4.15. The minimum absolute atomic E-state index is 0.0371. The molecule has 1 heterocycles. The second kappa shape index (κ2) is 14.8. The van der Waals surface area contributed by atoms with Gasteiger partial charge in [0.25, 0.3) is 21.8 Å². The molecule has 2 amide bonds. The molecule has 0 spiro atoms. The molecule has 0 unspecified atom stereocenters. The summed E-state index contributed by atoms with van der Waals surface area (Å²) in [6, 6.07) is 17.4. The highest BCUT2D eigenvalue weighted by Crippen LogP contribution is 2.15. The maximum absolute atomic E-state index is 12.7. The highest BCUT2D eigenvalue weighted by Gasteiger charge is 2.20. The quantitative estimate of drug-likeness (QED) is 0.284. The molecule has 212 valence electrons. The van der Waals surface area contributed by atoms with Crippen molar-refractivity contribution in [2.45, 2.75) is 57.0 Å². The lowest BCUT2D eigenvalue weighted by Gasteiger charge is -2.15. The Labute approximate surface area is 234 Å². The van der Waals surface area contributed by atoms with Crippen LogP contribution in [-0.4, -0.2) is 44.0 Å². The van der Waals surface area contributed by atoms with E-state index in [4.69, 9.17) is 9.47 Å². The van der Waals surface area contributed by atoms with E-state index in [-0.39, 0.29) is 28.4 Å². The summed E-state index contributed by atoms with van der Waals surface area (Å²) in [7, 11) is -4.15. The van der Waals surface area contributed by atoms with Crippen molar-refractivity contribution in [1.29, 1.82) is 0 Å². The molecule has 3 rings (SSSR count). The molecule has 0 saturated heterocycles. The molecule has 40 heavy (non-hydrogen) atoms. The van der Waals surface area contributed by atoms with Gasteiger partial charge in [0.15, 0.2) is 0 Å². The van der Waals surface area contributed by atoms with Crippen LogP contribution < -0.4 is 14.8 Å². The first kappa shape index (κ1) is 30.3. The third kappa shape index (κ3) is 9.19. The van der Waals surface area contributed by atoms with E-state index in [1.54, 1.807) is 36.4 Å². The summed E-state index contributed by atoms with van der Waals surface area (Å²) in [6.45, 7) is 4.36.